The highest BCUT2D eigenvalue weighted by molar-refractivity contribution is 5.89. The van der Waals surface area contributed by atoms with Gasteiger partial charge in [0.05, 0.1) is 0 Å². The number of amides is 2. The first-order valence-corrected chi connectivity index (χ1v) is 6.30. The minimum absolute atomic E-state index is 0.0792. The number of primary amides is 1. The first kappa shape index (κ1) is 15.2. The average Bonchev–Trinajstić information content (AvgIpc) is 2.43. The Bertz CT molecular complexity index is 434. The molecule has 0 bridgehead atoms. The van der Waals surface area contributed by atoms with Crippen LogP contribution in [0.1, 0.15) is 31.9 Å². The molecular weight excluding hydrogens is 244 g/mol. The lowest BCUT2D eigenvalue weighted by molar-refractivity contribution is -0.134. The van der Waals surface area contributed by atoms with Crippen LogP contribution in [0.4, 0.5) is 0 Å². The van der Waals surface area contributed by atoms with E-state index in [9.17, 15) is 14.7 Å². The highest BCUT2D eigenvalue weighted by Crippen LogP contribution is 2.14. The van der Waals surface area contributed by atoms with Crippen LogP contribution in [0.2, 0.25) is 0 Å². The molecule has 5 heteroatoms. The number of benzene rings is 1. The van der Waals surface area contributed by atoms with Crippen LogP contribution in [0.25, 0.3) is 0 Å². The molecule has 0 saturated carbocycles. The van der Waals surface area contributed by atoms with E-state index in [1.807, 2.05) is 13.8 Å². The summed E-state index contributed by atoms with van der Waals surface area (Å²) in [5.74, 6) is -1.29. The van der Waals surface area contributed by atoms with Gasteiger partial charge in [-0.05, 0) is 11.5 Å². The SMILES string of the molecule is CC[C@@H](C)[C@H](NC(=O)[C@@H](O)c1ccccc1)C(N)=O. The molecule has 1 aromatic carbocycles. The highest BCUT2D eigenvalue weighted by atomic mass is 16.3. The van der Waals surface area contributed by atoms with Gasteiger partial charge in [0.1, 0.15) is 6.04 Å². The van der Waals surface area contributed by atoms with Gasteiger partial charge in [-0.2, -0.15) is 0 Å². The zero-order valence-electron chi connectivity index (χ0n) is 11.2. The van der Waals surface area contributed by atoms with Crippen molar-refractivity contribution >= 4 is 11.8 Å². The van der Waals surface area contributed by atoms with Crippen molar-refractivity contribution in [1.29, 1.82) is 0 Å². The van der Waals surface area contributed by atoms with Crippen molar-refractivity contribution in [1.82, 2.24) is 5.32 Å². The molecule has 104 valence electrons. The smallest absolute Gasteiger partial charge is 0.254 e. The second-order valence-electron chi connectivity index (χ2n) is 4.59. The van der Waals surface area contributed by atoms with E-state index in [1.165, 1.54) is 0 Å². The first-order chi connectivity index (χ1) is 8.97. The second-order valence-corrected chi connectivity index (χ2v) is 4.59. The normalized spacial score (nSPS) is 15.3. The summed E-state index contributed by atoms with van der Waals surface area (Å²) < 4.78 is 0. The number of aliphatic hydroxyl groups excluding tert-OH is 1. The molecule has 0 heterocycles. The summed E-state index contributed by atoms with van der Waals surface area (Å²) in [6.45, 7) is 3.73. The maximum Gasteiger partial charge on any atom is 0.254 e. The van der Waals surface area contributed by atoms with Gasteiger partial charge in [-0.1, -0.05) is 50.6 Å². The van der Waals surface area contributed by atoms with Crippen LogP contribution < -0.4 is 11.1 Å². The van der Waals surface area contributed by atoms with Crippen LogP contribution in [0.5, 0.6) is 0 Å². The molecule has 1 rings (SSSR count). The number of nitrogens with two attached hydrogens (primary N) is 1. The fraction of sp³-hybridized carbons (Fsp3) is 0.429. The number of aliphatic hydroxyl groups is 1. The molecule has 0 aliphatic carbocycles. The summed E-state index contributed by atoms with van der Waals surface area (Å²) in [7, 11) is 0. The molecule has 0 unspecified atom stereocenters. The lowest BCUT2D eigenvalue weighted by Crippen LogP contribution is -2.49. The molecule has 4 N–H and O–H groups in total. The zero-order valence-corrected chi connectivity index (χ0v) is 11.2. The maximum atomic E-state index is 11.9. The summed E-state index contributed by atoms with van der Waals surface area (Å²) >= 11 is 0. The number of carbonyl (C=O) groups is 2. The van der Waals surface area contributed by atoms with E-state index in [-0.39, 0.29) is 5.92 Å². The van der Waals surface area contributed by atoms with Gasteiger partial charge in [0.15, 0.2) is 6.10 Å². The van der Waals surface area contributed by atoms with Crippen LogP contribution >= 0.6 is 0 Å². The lowest BCUT2D eigenvalue weighted by atomic mass is 9.98. The Kier molecular flexibility index (Phi) is 5.51. The topological polar surface area (TPSA) is 92.4 Å². The van der Waals surface area contributed by atoms with Crippen molar-refractivity contribution in [2.75, 3.05) is 0 Å². The Labute approximate surface area is 112 Å². The van der Waals surface area contributed by atoms with Crippen LogP contribution in [-0.2, 0) is 9.59 Å². The predicted molar refractivity (Wildman–Crippen MR) is 72.0 cm³/mol. The van der Waals surface area contributed by atoms with E-state index in [4.69, 9.17) is 5.73 Å². The van der Waals surface area contributed by atoms with Gasteiger partial charge in [0.25, 0.3) is 5.91 Å². The van der Waals surface area contributed by atoms with E-state index < -0.39 is 24.0 Å². The fourth-order valence-electron chi connectivity index (χ4n) is 1.75. The van der Waals surface area contributed by atoms with Gasteiger partial charge in [-0.25, -0.2) is 0 Å². The van der Waals surface area contributed by atoms with E-state index in [1.54, 1.807) is 30.3 Å². The van der Waals surface area contributed by atoms with Crippen molar-refractivity contribution in [3.63, 3.8) is 0 Å². The summed E-state index contributed by atoms with van der Waals surface area (Å²) in [5.41, 5.74) is 5.74. The van der Waals surface area contributed by atoms with Gasteiger partial charge < -0.3 is 16.2 Å². The second kappa shape index (κ2) is 6.89. The largest absolute Gasteiger partial charge is 0.378 e. The lowest BCUT2D eigenvalue weighted by Gasteiger charge is -2.22. The molecule has 0 aliphatic rings. The Balaban J connectivity index is 2.75. The number of nitrogens with one attached hydrogen (secondary N) is 1. The molecule has 19 heavy (non-hydrogen) atoms. The van der Waals surface area contributed by atoms with Crippen LogP contribution in [-0.4, -0.2) is 23.0 Å². The van der Waals surface area contributed by atoms with Crippen molar-refractivity contribution in [3.8, 4) is 0 Å². The number of hydrogen-bond acceptors (Lipinski definition) is 3. The molecule has 0 fully saturated rings. The molecule has 0 saturated heterocycles. The quantitative estimate of drug-likeness (QED) is 0.707. The standard InChI is InChI=1S/C14H20N2O3/c1-3-9(2)11(13(15)18)16-14(19)12(17)10-7-5-4-6-8-10/h4-9,11-12,17H,3H2,1-2H3,(H2,15,18)(H,16,19)/t9-,11+,12+/m1/s1. The van der Waals surface area contributed by atoms with Crippen molar-refractivity contribution < 1.29 is 14.7 Å². The molecule has 5 nitrogen and oxygen atoms in total. The molecule has 0 radical (unpaired) electrons. The molecule has 0 aliphatic heterocycles. The van der Waals surface area contributed by atoms with Gasteiger partial charge >= 0.3 is 0 Å². The van der Waals surface area contributed by atoms with Gasteiger partial charge in [0.2, 0.25) is 5.91 Å². The molecule has 2 amide bonds. The number of carbonyl (C=O) groups excluding carboxylic acids is 2. The average molecular weight is 264 g/mol. The Hall–Kier alpha value is -1.88. The number of hydrogen-bond donors (Lipinski definition) is 3. The van der Waals surface area contributed by atoms with E-state index in [0.717, 1.165) is 0 Å². The number of rotatable bonds is 6. The first-order valence-electron chi connectivity index (χ1n) is 6.30. The molecular formula is C14H20N2O3. The van der Waals surface area contributed by atoms with Crippen LogP contribution in [0.15, 0.2) is 30.3 Å². The molecule has 0 spiro atoms. The Morgan fingerprint density at radius 3 is 2.37 bits per heavy atom. The van der Waals surface area contributed by atoms with E-state index >= 15 is 0 Å². The Morgan fingerprint density at radius 1 is 1.32 bits per heavy atom. The minimum Gasteiger partial charge on any atom is -0.378 e. The summed E-state index contributed by atoms with van der Waals surface area (Å²) in [6, 6.07) is 7.77. The van der Waals surface area contributed by atoms with E-state index in [2.05, 4.69) is 5.32 Å². The summed E-state index contributed by atoms with van der Waals surface area (Å²) in [4.78, 5) is 23.2. The summed E-state index contributed by atoms with van der Waals surface area (Å²) in [6.07, 6.45) is -0.595. The monoisotopic (exact) mass is 264 g/mol. The third-order valence-corrected chi connectivity index (χ3v) is 3.18. The van der Waals surface area contributed by atoms with Crippen LogP contribution in [0, 0.1) is 5.92 Å². The fourth-order valence-corrected chi connectivity index (χ4v) is 1.75. The maximum absolute atomic E-state index is 11.9. The van der Waals surface area contributed by atoms with Crippen molar-refractivity contribution in [2.24, 2.45) is 11.7 Å². The predicted octanol–water partition coefficient (Wildman–Crippen LogP) is 0.736. The zero-order chi connectivity index (χ0) is 14.4. The van der Waals surface area contributed by atoms with Gasteiger partial charge in [-0.3, -0.25) is 9.59 Å². The van der Waals surface area contributed by atoms with E-state index in [0.29, 0.717) is 12.0 Å². The Morgan fingerprint density at radius 2 is 1.89 bits per heavy atom. The summed E-state index contributed by atoms with van der Waals surface area (Å²) in [5, 5.41) is 12.4. The highest BCUT2D eigenvalue weighted by Gasteiger charge is 2.27. The van der Waals surface area contributed by atoms with Gasteiger partial charge in [-0.15, -0.1) is 0 Å². The van der Waals surface area contributed by atoms with Crippen molar-refractivity contribution in [3.05, 3.63) is 35.9 Å². The molecule has 1 aromatic rings. The molecule has 3 atom stereocenters. The third-order valence-electron chi connectivity index (χ3n) is 3.18. The van der Waals surface area contributed by atoms with Crippen LogP contribution in [0.3, 0.4) is 0 Å². The van der Waals surface area contributed by atoms with Crippen molar-refractivity contribution in [2.45, 2.75) is 32.4 Å². The minimum atomic E-state index is -1.30. The van der Waals surface area contributed by atoms with Gasteiger partial charge in [0, 0.05) is 0 Å². The third kappa shape index (κ3) is 4.06. The molecule has 0 aromatic heterocycles.